The number of hydrogen-bond acceptors (Lipinski definition) is 2. The number of nitrogens with two attached hydrogens (primary N) is 1. The van der Waals surface area contributed by atoms with E-state index in [1.54, 1.807) is 18.2 Å². The third kappa shape index (κ3) is 2.46. The van der Waals surface area contributed by atoms with Gasteiger partial charge in [0.2, 0.25) is 0 Å². The van der Waals surface area contributed by atoms with Crippen LogP contribution in [0, 0.1) is 12.7 Å². The van der Waals surface area contributed by atoms with E-state index < -0.39 is 0 Å². The van der Waals surface area contributed by atoms with Gasteiger partial charge in [0.1, 0.15) is 5.82 Å². The Morgan fingerprint density at radius 2 is 1.78 bits per heavy atom. The second-order valence-electron chi connectivity index (χ2n) is 4.10. The summed E-state index contributed by atoms with van der Waals surface area (Å²) in [5.74, 6) is 5.30. The number of nitrogens with one attached hydrogen (secondary N) is 1. The van der Waals surface area contributed by atoms with E-state index in [-0.39, 0.29) is 11.9 Å². The molecule has 1 atom stereocenters. The average molecular weight is 309 g/mol. The van der Waals surface area contributed by atoms with Crippen LogP contribution in [0.1, 0.15) is 22.7 Å². The molecule has 2 nitrogen and oxygen atoms in total. The van der Waals surface area contributed by atoms with Crippen LogP contribution in [0.4, 0.5) is 4.39 Å². The molecular weight excluding hydrogens is 295 g/mol. The van der Waals surface area contributed by atoms with Crippen molar-refractivity contribution in [3.63, 3.8) is 0 Å². The van der Waals surface area contributed by atoms with E-state index in [1.165, 1.54) is 0 Å². The second-order valence-corrected chi connectivity index (χ2v) is 4.95. The molecule has 0 fully saturated rings. The molecule has 2 aromatic carbocycles. The molecule has 1 unspecified atom stereocenters. The van der Waals surface area contributed by atoms with Crippen LogP contribution in [-0.4, -0.2) is 0 Å². The van der Waals surface area contributed by atoms with Crippen molar-refractivity contribution < 1.29 is 4.39 Å². The third-order valence-electron chi connectivity index (χ3n) is 2.96. The fourth-order valence-electron chi connectivity index (χ4n) is 2.00. The summed E-state index contributed by atoms with van der Waals surface area (Å²) in [6, 6.07) is 12.6. The van der Waals surface area contributed by atoms with Crippen molar-refractivity contribution in [3.8, 4) is 0 Å². The molecule has 0 saturated heterocycles. The fourth-order valence-corrected chi connectivity index (χ4v) is 2.38. The fraction of sp³-hybridized carbons (Fsp3) is 0.143. The lowest BCUT2D eigenvalue weighted by Crippen LogP contribution is -2.30. The Labute approximate surface area is 114 Å². The van der Waals surface area contributed by atoms with Crippen molar-refractivity contribution in [1.82, 2.24) is 5.43 Å². The number of rotatable bonds is 3. The molecule has 0 aliphatic rings. The molecule has 0 aliphatic heterocycles. The third-order valence-corrected chi connectivity index (χ3v) is 3.57. The molecule has 94 valence electrons. The second kappa shape index (κ2) is 5.61. The minimum atomic E-state index is -0.358. The highest BCUT2D eigenvalue weighted by molar-refractivity contribution is 9.10. The molecule has 0 saturated carbocycles. The Morgan fingerprint density at radius 1 is 1.11 bits per heavy atom. The van der Waals surface area contributed by atoms with Crippen LogP contribution in [0.3, 0.4) is 0 Å². The Bertz CT molecular complexity index is 557. The molecule has 0 aliphatic carbocycles. The number of benzene rings is 2. The normalized spacial score (nSPS) is 12.4. The highest BCUT2D eigenvalue weighted by atomic mass is 79.9. The first kappa shape index (κ1) is 13.2. The Balaban J connectivity index is 2.53. The van der Waals surface area contributed by atoms with Gasteiger partial charge in [-0.15, -0.1) is 0 Å². The minimum Gasteiger partial charge on any atom is -0.271 e. The Kier molecular flexibility index (Phi) is 4.11. The first-order valence-corrected chi connectivity index (χ1v) is 6.40. The van der Waals surface area contributed by atoms with Crippen LogP contribution in [-0.2, 0) is 0 Å². The zero-order valence-electron chi connectivity index (χ0n) is 9.95. The van der Waals surface area contributed by atoms with Crippen LogP contribution in [0.5, 0.6) is 0 Å². The molecule has 0 bridgehead atoms. The predicted octanol–water partition coefficient (Wildman–Crippen LogP) is 3.45. The van der Waals surface area contributed by atoms with Gasteiger partial charge in [-0.2, -0.15) is 0 Å². The van der Waals surface area contributed by atoms with Gasteiger partial charge in [0.15, 0.2) is 0 Å². The highest BCUT2D eigenvalue weighted by Crippen LogP contribution is 2.29. The summed E-state index contributed by atoms with van der Waals surface area (Å²) in [7, 11) is 0. The quantitative estimate of drug-likeness (QED) is 0.673. The molecule has 3 N–H and O–H groups in total. The van der Waals surface area contributed by atoms with E-state index in [1.807, 2.05) is 31.2 Å². The van der Waals surface area contributed by atoms with E-state index in [9.17, 15) is 4.39 Å². The SMILES string of the molecule is Cc1ccccc1C(NN)c1cccc(Br)c1F. The molecule has 0 aromatic heterocycles. The van der Waals surface area contributed by atoms with Gasteiger partial charge in [-0.1, -0.05) is 36.4 Å². The predicted molar refractivity (Wildman–Crippen MR) is 74.4 cm³/mol. The minimum absolute atomic E-state index is 0.288. The maximum Gasteiger partial charge on any atom is 0.142 e. The number of aryl methyl sites for hydroxylation is 1. The number of hydrogen-bond donors (Lipinski definition) is 2. The molecule has 4 heteroatoms. The average Bonchev–Trinajstić information content (AvgIpc) is 2.37. The molecule has 2 aromatic rings. The molecule has 0 spiro atoms. The van der Waals surface area contributed by atoms with Crippen molar-refractivity contribution in [1.29, 1.82) is 0 Å². The van der Waals surface area contributed by atoms with Gasteiger partial charge in [-0.3, -0.25) is 5.84 Å². The first-order chi connectivity index (χ1) is 8.65. The van der Waals surface area contributed by atoms with Crippen LogP contribution in [0.2, 0.25) is 0 Å². The van der Waals surface area contributed by atoms with Crippen molar-refractivity contribution in [2.45, 2.75) is 13.0 Å². The van der Waals surface area contributed by atoms with Crippen LogP contribution >= 0.6 is 15.9 Å². The zero-order chi connectivity index (χ0) is 13.1. The van der Waals surface area contributed by atoms with Gasteiger partial charge in [0, 0.05) is 5.56 Å². The summed E-state index contributed by atoms with van der Waals surface area (Å²) in [5.41, 5.74) is 5.25. The van der Waals surface area contributed by atoms with Gasteiger partial charge >= 0.3 is 0 Å². The molecule has 0 amide bonds. The lowest BCUT2D eigenvalue weighted by atomic mass is 9.95. The standard InChI is InChI=1S/C14H14BrFN2/c1-9-5-2-3-6-10(9)14(18-17)11-7-4-8-12(15)13(11)16/h2-8,14,18H,17H2,1H3. The Morgan fingerprint density at radius 3 is 2.44 bits per heavy atom. The topological polar surface area (TPSA) is 38.0 Å². The highest BCUT2D eigenvalue weighted by Gasteiger charge is 2.19. The van der Waals surface area contributed by atoms with Crippen molar-refractivity contribution in [2.75, 3.05) is 0 Å². The monoisotopic (exact) mass is 308 g/mol. The maximum absolute atomic E-state index is 14.1. The molecule has 18 heavy (non-hydrogen) atoms. The number of halogens is 2. The summed E-state index contributed by atoms with van der Waals surface area (Å²) in [5, 5.41) is 0. The van der Waals surface area contributed by atoms with Crippen molar-refractivity contribution in [3.05, 3.63) is 69.4 Å². The van der Waals surface area contributed by atoms with Crippen LogP contribution in [0.15, 0.2) is 46.9 Å². The van der Waals surface area contributed by atoms with Gasteiger partial charge in [-0.05, 0) is 40.0 Å². The summed E-state index contributed by atoms with van der Waals surface area (Å²) < 4.78 is 14.6. The smallest absolute Gasteiger partial charge is 0.142 e. The number of hydrazine groups is 1. The van der Waals surface area contributed by atoms with E-state index in [2.05, 4.69) is 21.4 Å². The zero-order valence-corrected chi connectivity index (χ0v) is 11.5. The van der Waals surface area contributed by atoms with Crippen molar-refractivity contribution >= 4 is 15.9 Å². The van der Waals surface area contributed by atoms with Gasteiger partial charge in [-0.25, -0.2) is 9.82 Å². The molecule has 2 rings (SSSR count). The lowest BCUT2D eigenvalue weighted by Gasteiger charge is -2.20. The maximum atomic E-state index is 14.1. The van der Waals surface area contributed by atoms with Gasteiger partial charge < -0.3 is 0 Å². The van der Waals surface area contributed by atoms with Crippen LogP contribution in [0.25, 0.3) is 0 Å². The van der Waals surface area contributed by atoms with E-state index in [0.717, 1.165) is 11.1 Å². The van der Waals surface area contributed by atoms with Gasteiger partial charge in [0.05, 0.1) is 10.5 Å². The summed E-state index contributed by atoms with van der Waals surface area (Å²) in [6.07, 6.45) is 0. The summed E-state index contributed by atoms with van der Waals surface area (Å²) in [4.78, 5) is 0. The summed E-state index contributed by atoms with van der Waals surface area (Å²) in [6.45, 7) is 1.98. The van der Waals surface area contributed by atoms with Crippen LogP contribution < -0.4 is 11.3 Å². The molecular formula is C14H14BrFN2. The Hall–Kier alpha value is -1.23. The summed E-state index contributed by atoms with van der Waals surface area (Å²) >= 11 is 3.19. The molecule has 0 radical (unpaired) electrons. The van der Waals surface area contributed by atoms with E-state index in [4.69, 9.17) is 5.84 Å². The van der Waals surface area contributed by atoms with E-state index in [0.29, 0.717) is 10.0 Å². The van der Waals surface area contributed by atoms with Gasteiger partial charge in [0.25, 0.3) is 0 Å². The van der Waals surface area contributed by atoms with Crippen molar-refractivity contribution in [2.24, 2.45) is 5.84 Å². The largest absolute Gasteiger partial charge is 0.271 e. The van der Waals surface area contributed by atoms with E-state index >= 15 is 0 Å². The molecule has 0 heterocycles. The lowest BCUT2D eigenvalue weighted by molar-refractivity contribution is 0.555. The first-order valence-electron chi connectivity index (χ1n) is 5.60.